The number of rotatable bonds is 11. The predicted octanol–water partition coefficient (Wildman–Crippen LogP) is 4.59. The molecule has 0 aliphatic carbocycles. The smallest absolute Gasteiger partial charge is 0.268 e. The second kappa shape index (κ2) is 12.6. The van der Waals surface area contributed by atoms with Crippen LogP contribution in [-0.2, 0) is 4.79 Å². The van der Waals surface area contributed by atoms with Crippen molar-refractivity contribution < 1.29 is 23.7 Å². The molecule has 0 aliphatic heterocycles. The third-order valence-electron chi connectivity index (χ3n) is 4.65. The second-order valence-corrected chi connectivity index (χ2v) is 8.45. The molecule has 35 heavy (non-hydrogen) atoms. The third-order valence-corrected chi connectivity index (χ3v) is 5.94. The van der Waals surface area contributed by atoms with Gasteiger partial charge in [-0.15, -0.1) is 0 Å². The van der Waals surface area contributed by atoms with E-state index in [1.807, 2.05) is 43.5 Å². The number of benzene rings is 2. The maximum absolute atomic E-state index is 12.6. The van der Waals surface area contributed by atoms with E-state index >= 15 is 0 Å². The molecule has 3 rings (SSSR count). The van der Waals surface area contributed by atoms with E-state index < -0.39 is 5.91 Å². The summed E-state index contributed by atoms with van der Waals surface area (Å²) in [6.45, 7) is 2.54. The van der Waals surface area contributed by atoms with Crippen molar-refractivity contribution >= 4 is 40.4 Å². The van der Waals surface area contributed by atoms with Crippen LogP contribution in [0.2, 0.25) is 0 Å². The molecule has 1 aromatic heterocycles. The number of amides is 1. The number of aromatic nitrogens is 2. The number of ether oxygens (including phenoxy) is 4. The van der Waals surface area contributed by atoms with Crippen molar-refractivity contribution in [3.63, 3.8) is 0 Å². The molecule has 1 amide bonds. The van der Waals surface area contributed by atoms with Gasteiger partial charge in [0.25, 0.3) is 5.91 Å². The first-order chi connectivity index (χ1) is 17.0. The van der Waals surface area contributed by atoms with Crippen molar-refractivity contribution in [3.8, 4) is 29.1 Å². The summed E-state index contributed by atoms with van der Waals surface area (Å²) in [5, 5.41) is 13.0. The number of hydrogen-bond acceptors (Lipinski definition) is 10. The van der Waals surface area contributed by atoms with Crippen LogP contribution in [0.1, 0.15) is 11.1 Å². The molecule has 0 atom stereocenters. The van der Waals surface area contributed by atoms with Crippen LogP contribution in [0.15, 0.2) is 47.1 Å². The molecule has 0 unspecified atom stereocenters. The van der Waals surface area contributed by atoms with Gasteiger partial charge in [-0.25, -0.2) is 0 Å². The van der Waals surface area contributed by atoms with Crippen LogP contribution < -0.4 is 24.3 Å². The van der Waals surface area contributed by atoms with E-state index in [1.165, 1.54) is 32.1 Å². The van der Waals surface area contributed by atoms with Gasteiger partial charge in [0.2, 0.25) is 16.0 Å². The van der Waals surface area contributed by atoms with E-state index in [4.69, 9.17) is 18.9 Å². The number of methoxy groups -OCH3 is 2. The van der Waals surface area contributed by atoms with Crippen LogP contribution >= 0.6 is 23.3 Å². The lowest BCUT2D eigenvalue weighted by molar-refractivity contribution is -0.112. The highest BCUT2D eigenvalue weighted by Gasteiger charge is 2.17. The summed E-state index contributed by atoms with van der Waals surface area (Å²) in [4.78, 5) is 16.7. The zero-order chi connectivity index (χ0) is 25.2. The molecule has 3 aromatic rings. The highest BCUT2D eigenvalue weighted by Crippen LogP contribution is 2.39. The van der Waals surface area contributed by atoms with Crippen molar-refractivity contribution in [3.05, 3.63) is 53.1 Å². The number of carbonyl (C=O) groups is 1. The lowest BCUT2D eigenvalue weighted by Gasteiger charge is -2.16. The zero-order valence-corrected chi connectivity index (χ0v) is 21.3. The first kappa shape index (κ1) is 25.9. The predicted molar refractivity (Wildman–Crippen MR) is 136 cm³/mol. The summed E-state index contributed by atoms with van der Waals surface area (Å²) in [6, 6.07) is 12.9. The summed E-state index contributed by atoms with van der Waals surface area (Å²) in [5.41, 5.74) is 1.44. The number of hydrogen-bond donors (Lipinski definition) is 1. The number of thioether (sulfide) groups is 1. The standard InChI is InChI=1S/C24H24N4O5S2/c1-15-7-5-6-8-18(15)32-9-10-33-21-19(30-2)12-16(13-20(21)31-3)11-17(14-25)22(29)26-23-27-24(34-4)28-35-23/h5-8,11-13H,9-10H2,1-4H3,(H,26,27,28,29). The quantitative estimate of drug-likeness (QED) is 0.170. The Labute approximate surface area is 211 Å². The van der Waals surface area contributed by atoms with Gasteiger partial charge in [0.05, 0.1) is 14.2 Å². The molecule has 11 heteroatoms. The number of nitrogens with zero attached hydrogens (tertiary/aromatic N) is 3. The van der Waals surface area contributed by atoms with Crippen molar-refractivity contribution in [2.45, 2.75) is 12.1 Å². The number of anilines is 1. The number of nitriles is 1. The molecule has 0 aliphatic rings. The van der Waals surface area contributed by atoms with Crippen molar-refractivity contribution in [1.82, 2.24) is 9.36 Å². The fourth-order valence-corrected chi connectivity index (χ4v) is 4.08. The van der Waals surface area contributed by atoms with Gasteiger partial charge in [-0.1, -0.05) is 30.0 Å². The molecule has 2 aromatic carbocycles. The Bertz CT molecular complexity index is 1230. The highest BCUT2D eigenvalue weighted by molar-refractivity contribution is 7.98. The van der Waals surface area contributed by atoms with Gasteiger partial charge in [-0.3, -0.25) is 10.1 Å². The van der Waals surface area contributed by atoms with E-state index in [9.17, 15) is 10.1 Å². The van der Waals surface area contributed by atoms with E-state index in [2.05, 4.69) is 14.7 Å². The Morgan fingerprint density at radius 3 is 2.43 bits per heavy atom. The SMILES string of the molecule is COc1cc(C=C(C#N)C(=O)Nc2nc(SC)ns2)cc(OC)c1OCCOc1ccccc1C. The second-order valence-electron chi connectivity index (χ2n) is 6.93. The van der Waals surface area contributed by atoms with Crippen molar-refractivity contribution in [1.29, 1.82) is 5.26 Å². The van der Waals surface area contributed by atoms with Crippen molar-refractivity contribution in [2.24, 2.45) is 0 Å². The van der Waals surface area contributed by atoms with E-state index in [1.54, 1.807) is 12.1 Å². The van der Waals surface area contributed by atoms with Crippen LogP contribution in [-0.4, -0.2) is 49.0 Å². The number of para-hydroxylation sites is 1. The lowest BCUT2D eigenvalue weighted by atomic mass is 10.1. The average molecular weight is 513 g/mol. The normalized spacial score (nSPS) is 10.9. The van der Waals surface area contributed by atoms with Gasteiger partial charge >= 0.3 is 0 Å². The zero-order valence-electron chi connectivity index (χ0n) is 19.7. The van der Waals surface area contributed by atoms with Gasteiger partial charge < -0.3 is 18.9 Å². The molecular weight excluding hydrogens is 488 g/mol. The average Bonchev–Trinajstić information content (AvgIpc) is 3.33. The topological polar surface area (TPSA) is 116 Å². The number of carbonyl (C=O) groups excluding carboxylic acids is 1. The Hall–Kier alpha value is -3.75. The summed E-state index contributed by atoms with van der Waals surface area (Å²) < 4.78 is 26.7. The molecule has 1 heterocycles. The Kier molecular flexibility index (Phi) is 9.34. The molecule has 0 saturated heterocycles. The van der Waals surface area contributed by atoms with Crippen molar-refractivity contribution in [2.75, 3.05) is 39.0 Å². The Balaban J connectivity index is 1.74. The van der Waals surface area contributed by atoms with Gasteiger partial charge in [-0.05, 0) is 48.6 Å². The summed E-state index contributed by atoms with van der Waals surface area (Å²) in [7, 11) is 2.99. The minimum atomic E-state index is -0.595. The summed E-state index contributed by atoms with van der Waals surface area (Å²) >= 11 is 2.40. The fourth-order valence-electron chi connectivity index (χ4n) is 2.96. The van der Waals surface area contributed by atoms with E-state index in [0.29, 0.717) is 39.7 Å². The van der Waals surface area contributed by atoms with Crippen LogP contribution in [0, 0.1) is 18.3 Å². The van der Waals surface area contributed by atoms with Gasteiger partial charge in [0.1, 0.15) is 30.6 Å². The van der Waals surface area contributed by atoms with Crippen LogP contribution in [0.4, 0.5) is 5.13 Å². The number of nitrogens with one attached hydrogen (secondary N) is 1. The minimum absolute atomic E-state index is 0.115. The van der Waals surface area contributed by atoms with Crippen LogP contribution in [0.5, 0.6) is 23.0 Å². The Morgan fingerprint density at radius 1 is 1.14 bits per heavy atom. The molecular formula is C24H24N4O5S2. The minimum Gasteiger partial charge on any atom is -0.493 e. The molecule has 0 radical (unpaired) electrons. The van der Waals surface area contributed by atoms with Crippen LogP contribution in [0.3, 0.4) is 0 Å². The monoisotopic (exact) mass is 512 g/mol. The highest BCUT2D eigenvalue weighted by atomic mass is 32.2. The molecule has 0 spiro atoms. The maximum atomic E-state index is 12.6. The molecule has 0 saturated carbocycles. The summed E-state index contributed by atoms with van der Waals surface area (Å²) in [6.07, 6.45) is 3.27. The lowest BCUT2D eigenvalue weighted by Crippen LogP contribution is -2.13. The molecule has 182 valence electrons. The first-order valence-electron chi connectivity index (χ1n) is 10.4. The van der Waals surface area contributed by atoms with Gasteiger partial charge in [0.15, 0.2) is 11.5 Å². The summed E-state index contributed by atoms with van der Waals surface area (Å²) in [5.74, 6) is 1.36. The van der Waals surface area contributed by atoms with E-state index in [0.717, 1.165) is 22.8 Å². The molecule has 0 bridgehead atoms. The molecule has 0 fully saturated rings. The third kappa shape index (κ3) is 6.88. The first-order valence-corrected chi connectivity index (χ1v) is 12.4. The number of aryl methyl sites for hydroxylation is 1. The van der Waals surface area contributed by atoms with Gasteiger partial charge in [-0.2, -0.15) is 14.6 Å². The maximum Gasteiger partial charge on any atom is 0.268 e. The van der Waals surface area contributed by atoms with E-state index in [-0.39, 0.29) is 12.2 Å². The van der Waals surface area contributed by atoms with Gasteiger partial charge in [0, 0.05) is 11.5 Å². The fraction of sp³-hybridized carbons (Fsp3) is 0.250. The molecule has 9 nitrogen and oxygen atoms in total. The Morgan fingerprint density at radius 2 is 1.83 bits per heavy atom. The van der Waals surface area contributed by atoms with Crippen LogP contribution in [0.25, 0.3) is 6.08 Å². The molecule has 1 N–H and O–H groups in total. The largest absolute Gasteiger partial charge is 0.493 e.